The van der Waals surface area contributed by atoms with Crippen LogP contribution in [0.2, 0.25) is 0 Å². The molecule has 0 aliphatic carbocycles. The Hall–Kier alpha value is -1.97. The number of benzene rings is 1. The SMILES string of the molecule is COc1ccc(NC(=O)c2cnc(C(C)(C)C)s2)cc1S(=O)(=O)N1CCCCC1. The molecule has 7 nitrogen and oxygen atoms in total. The van der Waals surface area contributed by atoms with Crippen molar-refractivity contribution in [2.24, 2.45) is 0 Å². The fourth-order valence-corrected chi connectivity index (χ4v) is 5.69. The van der Waals surface area contributed by atoms with Crippen LogP contribution in [-0.4, -0.2) is 43.8 Å². The average Bonchev–Trinajstić information content (AvgIpc) is 3.19. The molecule has 1 aliphatic rings. The highest BCUT2D eigenvalue weighted by molar-refractivity contribution is 7.89. The monoisotopic (exact) mass is 437 g/mol. The van der Waals surface area contributed by atoms with Crippen LogP contribution in [0.1, 0.15) is 54.7 Å². The maximum absolute atomic E-state index is 13.1. The molecule has 0 unspecified atom stereocenters. The van der Waals surface area contributed by atoms with E-state index in [1.165, 1.54) is 28.8 Å². The van der Waals surface area contributed by atoms with Gasteiger partial charge in [-0.2, -0.15) is 4.31 Å². The van der Waals surface area contributed by atoms with Gasteiger partial charge in [0.1, 0.15) is 15.5 Å². The lowest BCUT2D eigenvalue weighted by atomic mass is 9.98. The number of amides is 1. The lowest BCUT2D eigenvalue weighted by molar-refractivity contribution is 0.103. The van der Waals surface area contributed by atoms with E-state index in [-0.39, 0.29) is 22.0 Å². The molecule has 0 atom stereocenters. The van der Waals surface area contributed by atoms with Crippen molar-refractivity contribution >= 4 is 33.0 Å². The molecule has 1 amide bonds. The summed E-state index contributed by atoms with van der Waals surface area (Å²) in [6, 6.07) is 4.67. The summed E-state index contributed by atoms with van der Waals surface area (Å²) in [4.78, 5) is 17.5. The van der Waals surface area contributed by atoms with Crippen LogP contribution >= 0.6 is 11.3 Å². The summed E-state index contributed by atoms with van der Waals surface area (Å²) in [7, 11) is -2.26. The molecule has 29 heavy (non-hydrogen) atoms. The van der Waals surface area contributed by atoms with Crippen molar-refractivity contribution < 1.29 is 17.9 Å². The number of nitrogens with one attached hydrogen (secondary N) is 1. The van der Waals surface area contributed by atoms with Gasteiger partial charge < -0.3 is 10.1 Å². The van der Waals surface area contributed by atoms with E-state index in [1.807, 2.05) is 20.8 Å². The summed E-state index contributed by atoms with van der Waals surface area (Å²) in [5.41, 5.74) is 0.260. The third-order valence-electron chi connectivity index (χ3n) is 4.73. The van der Waals surface area contributed by atoms with Crippen LogP contribution in [0.5, 0.6) is 5.75 Å². The number of sulfonamides is 1. The standard InChI is InChI=1S/C20H27N3O4S2/c1-20(2,3)19-21-13-16(28-19)18(24)22-14-8-9-15(27-4)17(12-14)29(25,26)23-10-6-5-7-11-23/h8-9,12-13H,5-7,10-11H2,1-4H3,(H,22,24). The van der Waals surface area contributed by atoms with E-state index in [4.69, 9.17) is 4.74 Å². The summed E-state index contributed by atoms with van der Waals surface area (Å²) < 4.78 is 33.0. The molecule has 9 heteroatoms. The van der Waals surface area contributed by atoms with E-state index in [9.17, 15) is 13.2 Å². The number of ether oxygens (including phenoxy) is 1. The lowest BCUT2D eigenvalue weighted by Crippen LogP contribution is -2.35. The summed E-state index contributed by atoms with van der Waals surface area (Å²) in [6.07, 6.45) is 4.28. The van der Waals surface area contributed by atoms with Crippen LogP contribution in [0.15, 0.2) is 29.3 Å². The summed E-state index contributed by atoms with van der Waals surface area (Å²) in [5.74, 6) is -0.0501. The van der Waals surface area contributed by atoms with Crippen molar-refractivity contribution in [3.05, 3.63) is 34.3 Å². The highest BCUT2D eigenvalue weighted by Crippen LogP contribution is 2.32. The van der Waals surface area contributed by atoms with Crippen molar-refractivity contribution in [2.45, 2.75) is 50.3 Å². The van der Waals surface area contributed by atoms with Crippen molar-refractivity contribution in [2.75, 3.05) is 25.5 Å². The molecular formula is C20H27N3O4S2. The molecule has 1 aliphatic heterocycles. The van der Waals surface area contributed by atoms with E-state index >= 15 is 0 Å². The van der Waals surface area contributed by atoms with Gasteiger partial charge in [0.15, 0.2) is 0 Å². The predicted octanol–water partition coefficient (Wildman–Crippen LogP) is 3.88. The van der Waals surface area contributed by atoms with E-state index in [0.29, 0.717) is 23.7 Å². The third kappa shape index (κ3) is 4.79. The number of carbonyl (C=O) groups excluding carboxylic acids is 1. The van der Waals surface area contributed by atoms with Gasteiger partial charge in [0.25, 0.3) is 5.91 Å². The van der Waals surface area contributed by atoms with Gasteiger partial charge in [0.2, 0.25) is 10.0 Å². The number of aromatic nitrogens is 1. The predicted molar refractivity (Wildman–Crippen MR) is 114 cm³/mol. The largest absolute Gasteiger partial charge is 0.495 e. The highest BCUT2D eigenvalue weighted by atomic mass is 32.2. The van der Waals surface area contributed by atoms with Gasteiger partial charge in [-0.05, 0) is 31.0 Å². The molecule has 1 fully saturated rings. The van der Waals surface area contributed by atoms with Gasteiger partial charge in [-0.3, -0.25) is 4.79 Å². The fourth-order valence-electron chi connectivity index (χ4n) is 3.12. The Labute approximate surface area is 176 Å². The lowest BCUT2D eigenvalue weighted by Gasteiger charge is -2.26. The number of carbonyl (C=O) groups is 1. The van der Waals surface area contributed by atoms with Gasteiger partial charge in [-0.15, -0.1) is 11.3 Å². The number of methoxy groups -OCH3 is 1. The second-order valence-electron chi connectivity index (χ2n) is 8.06. The quantitative estimate of drug-likeness (QED) is 0.767. The number of nitrogens with zero attached hydrogens (tertiary/aromatic N) is 2. The van der Waals surface area contributed by atoms with Crippen molar-refractivity contribution in [3.63, 3.8) is 0 Å². The van der Waals surface area contributed by atoms with Crippen LogP contribution in [0.3, 0.4) is 0 Å². The summed E-state index contributed by atoms with van der Waals surface area (Å²) in [6.45, 7) is 7.11. The van der Waals surface area contributed by atoms with Crippen molar-refractivity contribution in [3.8, 4) is 5.75 Å². The number of anilines is 1. The number of rotatable bonds is 5. The Bertz CT molecular complexity index is 987. The van der Waals surface area contributed by atoms with Gasteiger partial charge in [0, 0.05) is 24.2 Å². The maximum Gasteiger partial charge on any atom is 0.267 e. The Morgan fingerprint density at radius 1 is 1.21 bits per heavy atom. The molecule has 0 saturated carbocycles. The molecule has 1 aromatic heterocycles. The molecule has 0 bridgehead atoms. The van der Waals surface area contributed by atoms with Gasteiger partial charge >= 0.3 is 0 Å². The Kier molecular flexibility index (Phi) is 6.30. The first-order valence-corrected chi connectivity index (χ1v) is 11.8. The Balaban J connectivity index is 1.86. The molecular weight excluding hydrogens is 410 g/mol. The topological polar surface area (TPSA) is 88.6 Å². The molecule has 0 spiro atoms. The molecule has 1 aromatic carbocycles. The fraction of sp³-hybridized carbons (Fsp3) is 0.500. The van der Waals surface area contributed by atoms with Crippen LogP contribution in [0.25, 0.3) is 0 Å². The smallest absolute Gasteiger partial charge is 0.267 e. The molecule has 2 heterocycles. The maximum atomic E-state index is 13.1. The average molecular weight is 438 g/mol. The minimum Gasteiger partial charge on any atom is -0.495 e. The number of thiazole rings is 1. The highest BCUT2D eigenvalue weighted by Gasteiger charge is 2.29. The number of piperidine rings is 1. The zero-order valence-corrected chi connectivity index (χ0v) is 18.8. The number of hydrogen-bond donors (Lipinski definition) is 1. The molecule has 2 aromatic rings. The molecule has 1 saturated heterocycles. The van der Waals surface area contributed by atoms with Crippen LogP contribution in [0, 0.1) is 0 Å². The normalized spacial score (nSPS) is 15.9. The van der Waals surface area contributed by atoms with Crippen LogP contribution < -0.4 is 10.1 Å². The van der Waals surface area contributed by atoms with E-state index in [0.717, 1.165) is 24.3 Å². The first-order chi connectivity index (χ1) is 13.6. The van der Waals surface area contributed by atoms with E-state index < -0.39 is 10.0 Å². The molecule has 158 valence electrons. The second kappa shape index (κ2) is 8.41. The second-order valence-corrected chi connectivity index (χ2v) is 11.0. The van der Waals surface area contributed by atoms with Crippen LogP contribution in [0.4, 0.5) is 5.69 Å². The van der Waals surface area contributed by atoms with Gasteiger partial charge in [-0.25, -0.2) is 13.4 Å². The van der Waals surface area contributed by atoms with E-state index in [1.54, 1.807) is 18.3 Å². The summed E-state index contributed by atoms with van der Waals surface area (Å²) >= 11 is 1.33. The van der Waals surface area contributed by atoms with Gasteiger partial charge in [-0.1, -0.05) is 27.2 Å². The zero-order chi connectivity index (χ0) is 21.2. The van der Waals surface area contributed by atoms with Crippen molar-refractivity contribution in [1.29, 1.82) is 0 Å². The minimum absolute atomic E-state index is 0.0689. The molecule has 1 N–H and O–H groups in total. The zero-order valence-electron chi connectivity index (χ0n) is 17.2. The molecule has 3 rings (SSSR count). The van der Waals surface area contributed by atoms with Gasteiger partial charge in [0.05, 0.1) is 18.3 Å². The van der Waals surface area contributed by atoms with Crippen LogP contribution in [-0.2, 0) is 15.4 Å². The van der Waals surface area contributed by atoms with Crippen molar-refractivity contribution in [1.82, 2.24) is 9.29 Å². The molecule has 0 radical (unpaired) electrons. The third-order valence-corrected chi connectivity index (χ3v) is 8.07. The van der Waals surface area contributed by atoms with E-state index in [2.05, 4.69) is 10.3 Å². The Morgan fingerprint density at radius 2 is 1.90 bits per heavy atom. The Morgan fingerprint density at radius 3 is 2.48 bits per heavy atom. The first kappa shape index (κ1) is 21.7. The minimum atomic E-state index is -3.70. The number of hydrogen-bond acceptors (Lipinski definition) is 6. The first-order valence-electron chi connectivity index (χ1n) is 9.59. The summed E-state index contributed by atoms with van der Waals surface area (Å²) in [5, 5.41) is 3.65.